The molecule has 178 valence electrons. The van der Waals surface area contributed by atoms with Gasteiger partial charge in [0, 0.05) is 30.8 Å². The maximum Gasteiger partial charge on any atom is 0.351 e. The van der Waals surface area contributed by atoms with Gasteiger partial charge in [0.15, 0.2) is 4.88 Å². The van der Waals surface area contributed by atoms with E-state index in [4.69, 9.17) is 14.2 Å². The molecule has 1 N–H and O–H groups in total. The van der Waals surface area contributed by atoms with Gasteiger partial charge in [-0.3, -0.25) is 4.79 Å². The zero-order valence-electron chi connectivity index (χ0n) is 18.9. The van der Waals surface area contributed by atoms with Crippen LogP contribution >= 0.6 is 11.3 Å². The predicted molar refractivity (Wildman–Crippen MR) is 125 cm³/mol. The number of esters is 1. The third-order valence-corrected chi connectivity index (χ3v) is 6.36. The van der Waals surface area contributed by atoms with Gasteiger partial charge in [0.05, 0.1) is 43.5 Å². The second kappa shape index (κ2) is 10.0. The Bertz CT molecular complexity index is 1230. The molecule has 4 rings (SSSR count). The van der Waals surface area contributed by atoms with Crippen LogP contribution < -0.4 is 19.7 Å². The Morgan fingerprint density at radius 3 is 2.79 bits per heavy atom. The Balaban J connectivity index is 1.48. The zero-order chi connectivity index (χ0) is 24.2. The molecule has 1 aliphatic rings. The van der Waals surface area contributed by atoms with E-state index >= 15 is 0 Å². The number of methoxy groups -OCH3 is 2. The van der Waals surface area contributed by atoms with Gasteiger partial charge in [-0.2, -0.15) is 0 Å². The molecule has 0 aliphatic carbocycles. The number of nitrogens with zero attached hydrogens (tertiary/aromatic N) is 3. The quantitative estimate of drug-likeness (QED) is 0.458. The minimum absolute atomic E-state index is 0.0942. The van der Waals surface area contributed by atoms with E-state index in [1.165, 1.54) is 48.9 Å². The lowest BCUT2D eigenvalue weighted by Gasteiger charge is -2.19. The molecular weight excluding hydrogens is 463 g/mol. The SMILES string of the molecule is CCOc1cc(-c2cc(NCCN3C(=O)Cc4c(OC)ccc(F)c43)ncn2)sc1C(=O)OC. The molecule has 0 saturated carbocycles. The minimum Gasteiger partial charge on any atom is -0.496 e. The average molecular weight is 487 g/mol. The maximum atomic E-state index is 14.5. The molecule has 0 atom stereocenters. The summed E-state index contributed by atoms with van der Waals surface area (Å²) in [6, 6.07) is 6.29. The van der Waals surface area contributed by atoms with E-state index in [1.807, 2.05) is 6.92 Å². The number of rotatable bonds is 9. The highest BCUT2D eigenvalue weighted by atomic mass is 32.1. The summed E-state index contributed by atoms with van der Waals surface area (Å²) in [5, 5.41) is 3.14. The number of benzene rings is 1. The average Bonchev–Trinajstić information content (AvgIpc) is 3.41. The highest BCUT2D eigenvalue weighted by Crippen LogP contribution is 2.38. The van der Waals surface area contributed by atoms with Crippen molar-refractivity contribution in [3.63, 3.8) is 0 Å². The third kappa shape index (κ3) is 4.51. The molecule has 0 bridgehead atoms. The van der Waals surface area contributed by atoms with E-state index in [-0.39, 0.29) is 24.6 Å². The summed E-state index contributed by atoms with van der Waals surface area (Å²) in [4.78, 5) is 35.6. The van der Waals surface area contributed by atoms with Crippen LogP contribution in [0.1, 0.15) is 22.2 Å². The number of ether oxygens (including phenoxy) is 3. The van der Waals surface area contributed by atoms with Gasteiger partial charge in [0.2, 0.25) is 5.91 Å². The van der Waals surface area contributed by atoms with E-state index in [9.17, 15) is 14.0 Å². The monoisotopic (exact) mass is 486 g/mol. The number of hydrogen-bond donors (Lipinski definition) is 1. The van der Waals surface area contributed by atoms with Crippen molar-refractivity contribution in [3.8, 4) is 22.1 Å². The molecule has 9 nitrogen and oxygen atoms in total. The number of aromatic nitrogens is 2. The van der Waals surface area contributed by atoms with Crippen molar-refractivity contribution >= 4 is 34.7 Å². The zero-order valence-corrected chi connectivity index (χ0v) is 19.7. The molecule has 0 radical (unpaired) electrons. The number of carbonyl (C=O) groups is 2. The van der Waals surface area contributed by atoms with E-state index in [0.29, 0.717) is 51.5 Å². The van der Waals surface area contributed by atoms with Crippen molar-refractivity contribution < 1.29 is 28.2 Å². The fourth-order valence-corrected chi connectivity index (χ4v) is 4.72. The number of anilines is 2. The minimum atomic E-state index is -0.480. The van der Waals surface area contributed by atoms with Gasteiger partial charge in [-0.15, -0.1) is 11.3 Å². The van der Waals surface area contributed by atoms with Crippen molar-refractivity contribution in [1.29, 1.82) is 0 Å². The lowest BCUT2D eigenvalue weighted by molar-refractivity contribution is -0.117. The molecule has 11 heteroatoms. The second-order valence-electron chi connectivity index (χ2n) is 7.24. The van der Waals surface area contributed by atoms with Crippen LogP contribution in [-0.2, 0) is 16.0 Å². The van der Waals surface area contributed by atoms with Gasteiger partial charge >= 0.3 is 5.97 Å². The van der Waals surface area contributed by atoms with Crippen LogP contribution in [0.15, 0.2) is 30.6 Å². The molecule has 0 spiro atoms. The number of fused-ring (bicyclic) bond motifs is 1. The highest BCUT2D eigenvalue weighted by Gasteiger charge is 2.32. The molecule has 2 aromatic heterocycles. The molecule has 3 aromatic rings. The van der Waals surface area contributed by atoms with E-state index in [2.05, 4.69) is 15.3 Å². The first-order valence-electron chi connectivity index (χ1n) is 10.5. The predicted octanol–water partition coefficient (Wildman–Crippen LogP) is 3.54. The van der Waals surface area contributed by atoms with Crippen LogP contribution in [0, 0.1) is 5.82 Å². The van der Waals surface area contributed by atoms with Crippen molar-refractivity contribution in [2.75, 3.05) is 44.1 Å². The van der Waals surface area contributed by atoms with Crippen molar-refractivity contribution in [3.05, 3.63) is 46.9 Å². The summed E-state index contributed by atoms with van der Waals surface area (Å²) in [5.74, 6) is 0.317. The number of nitrogens with one attached hydrogen (secondary N) is 1. The van der Waals surface area contributed by atoms with Crippen LogP contribution in [0.3, 0.4) is 0 Å². The van der Waals surface area contributed by atoms with Gasteiger partial charge in [0.25, 0.3) is 0 Å². The van der Waals surface area contributed by atoms with E-state index < -0.39 is 11.8 Å². The van der Waals surface area contributed by atoms with Crippen LogP contribution in [-0.4, -0.2) is 55.8 Å². The van der Waals surface area contributed by atoms with Gasteiger partial charge in [-0.05, 0) is 19.1 Å². The largest absolute Gasteiger partial charge is 0.496 e. The first kappa shape index (κ1) is 23.4. The molecule has 34 heavy (non-hydrogen) atoms. The maximum absolute atomic E-state index is 14.5. The Labute approximate surface area is 199 Å². The van der Waals surface area contributed by atoms with Gasteiger partial charge < -0.3 is 24.4 Å². The second-order valence-corrected chi connectivity index (χ2v) is 8.30. The Morgan fingerprint density at radius 1 is 1.24 bits per heavy atom. The smallest absolute Gasteiger partial charge is 0.351 e. The summed E-state index contributed by atoms with van der Waals surface area (Å²) >= 11 is 1.21. The van der Waals surface area contributed by atoms with E-state index in [0.717, 1.165) is 0 Å². The van der Waals surface area contributed by atoms with E-state index in [1.54, 1.807) is 12.1 Å². The van der Waals surface area contributed by atoms with Crippen molar-refractivity contribution in [2.45, 2.75) is 13.3 Å². The molecule has 1 aliphatic heterocycles. The van der Waals surface area contributed by atoms with Crippen molar-refractivity contribution in [1.82, 2.24) is 9.97 Å². The van der Waals surface area contributed by atoms with Crippen LogP contribution in [0.4, 0.5) is 15.9 Å². The summed E-state index contributed by atoms with van der Waals surface area (Å²) < 4.78 is 30.1. The Kier molecular flexibility index (Phi) is 6.92. The fraction of sp³-hybridized carbons (Fsp3) is 0.304. The number of amides is 1. The number of carbonyl (C=O) groups excluding carboxylic acids is 2. The summed E-state index contributed by atoms with van der Waals surface area (Å²) in [7, 11) is 2.81. The van der Waals surface area contributed by atoms with Crippen LogP contribution in [0.5, 0.6) is 11.5 Å². The number of hydrogen-bond acceptors (Lipinski definition) is 9. The first-order valence-corrected chi connectivity index (χ1v) is 11.3. The summed E-state index contributed by atoms with van der Waals surface area (Å²) in [6.45, 7) is 2.81. The molecule has 0 unspecified atom stereocenters. The third-order valence-electron chi connectivity index (χ3n) is 5.24. The molecule has 3 heterocycles. The van der Waals surface area contributed by atoms with Crippen LogP contribution in [0.25, 0.3) is 10.6 Å². The lowest BCUT2D eigenvalue weighted by atomic mass is 10.1. The first-order chi connectivity index (χ1) is 16.5. The van der Waals surface area contributed by atoms with Gasteiger partial charge in [-0.25, -0.2) is 19.2 Å². The Hall–Kier alpha value is -3.73. The highest BCUT2D eigenvalue weighted by molar-refractivity contribution is 7.17. The molecule has 0 fully saturated rings. The molecular formula is C23H23FN4O5S. The van der Waals surface area contributed by atoms with Crippen LogP contribution in [0.2, 0.25) is 0 Å². The van der Waals surface area contributed by atoms with Gasteiger partial charge in [0.1, 0.15) is 29.5 Å². The molecule has 1 amide bonds. The number of halogens is 1. The molecule has 0 saturated heterocycles. The molecule has 1 aromatic carbocycles. The standard InChI is InChI=1S/C23H23FN4O5S/c1-4-33-17-11-18(34-22(17)23(30)32-3)15-10-19(27-12-26-15)25-7-8-28-20(29)9-13-16(31-2)6-5-14(24)21(13)28/h5-6,10-12H,4,7-9H2,1-3H3,(H,25,26,27). The summed E-state index contributed by atoms with van der Waals surface area (Å²) in [5.41, 5.74) is 1.41. The van der Waals surface area contributed by atoms with Crippen molar-refractivity contribution in [2.24, 2.45) is 0 Å². The summed E-state index contributed by atoms with van der Waals surface area (Å²) in [6.07, 6.45) is 1.49. The topological polar surface area (TPSA) is 103 Å². The normalized spacial score (nSPS) is 12.5. The number of thiophene rings is 1. The Morgan fingerprint density at radius 2 is 2.06 bits per heavy atom. The van der Waals surface area contributed by atoms with Gasteiger partial charge in [-0.1, -0.05) is 0 Å². The lowest BCUT2D eigenvalue weighted by Crippen LogP contribution is -2.32. The fourth-order valence-electron chi connectivity index (χ4n) is 3.73.